The minimum atomic E-state index is 0.893. The summed E-state index contributed by atoms with van der Waals surface area (Å²) >= 11 is 0. The molecule has 0 atom stereocenters. The fourth-order valence-electron chi connectivity index (χ4n) is 4.36. The van der Waals surface area contributed by atoms with Gasteiger partial charge in [0.05, 0.1) is 0 Å². The van der Waals surface area contributed by atoms with E-state index < -0.39 is 0 Å². The van der Waals surface area contributed by atoms with Crippen LogP contribution in [0.25, 0.3) is 10.9 Å². The van der Waals surface area contributed by atoms with E-state index in [2.05, 4.69) is 55.0 Å². The highest BCUT2D eigenvalue weighted by Gasteiger charge is 2.14. The van der Waals surface area contributed by atoms with Gasteiger partial charge in [0.15, 0.2) is 0 Å². The largest absolute Gasteiger partial charge is 0.346 e. The van der Waals surface area contributed by atoms with Crippen LogP contribution in [0.3, 0.4) is 0 Å². The number of para-hydroxylation sites is 1. The molecule has 4 heteroatoms. The van der Waals surface area contributed by atoms with Gasteiger partial charge in [-0.15, -0.1) is 0 Å². The molecule has 1 aliphatic rings. The number of allylic oxidation sites excluding steroid dienone is 2. The maximum atomic E-state index is 8.15. The van der Waals surface area contributed by atoms with Crippen molar-refractivity contribution in [3.05, 3.63) is 46.7 Å². The SMILES string of the molecule is CC=N.CCc1c(CNCCC/C(C)=C2\CCCCC2=N)n(C)c2ccccc12. The minimum Gasteiger partial charge on any atom is -0.346 e. The van der Waals surface area contributed by atoms with Crippen LogP contribution in [-0.4, -0.2) is 23.0 Å². The zero-order valence-electron chi connectivity index (χ0n) is 18.7. The van der Waals surface area contributed by atoms with Gasteiger partial charge in [-0.2, -0.15) is 0 Å². The Labute approximate surface area is 176 Å². The second-order valence-electron chi connectivity index (χ2n) is 7.87. The van der Waals surface area contributed by atoms with Crippen LogP contribution in [0.1, 0.15) is 70.6 Å². The number of nitrogens with zero attached hydrogens (tertiary/aromatic N) is 1. The van der Waals surface area contributed by atoms with Crippen LogP contribution in [0.2, 0.25) is 0 Å². The molecule has 0 bridgehead atoms. The predicted molar refractivity (Wildman–Crippen MR) is 127 cm³/mol. The molecule has 2 aromatic rings. The molecule has 0 aliphatic heterocycles. The topological polar surface area (TPSA) is 64.7 Å². The number of benzene rings is 1. The van der Waals surface area contributed by atoms with Crippen molar-refractivity contribution in [2.24, 2.45) is 7.05 Å². The van der Waals surface area contributed by atoms with Crippen molar-refractivity contribution in [1.29, 1.82) is 10.8 Å². The van der Waals surface area contributed by atoms with E-state index in [1.807, 2.05) is 0 Å². The highest BCUT2D eigenvalue weighted by atomic mass is 15.0. The lowest BCUT2D eigenvalue weighted by atomic mass is 9.88. The van der Waals surface area contributed by atoms with Crippen LogP contribution >= 0.6 is 0 Å². The Morgan fingerprint density at radius 1 is 1.21 bits per heavy atom. The van der Waals surface area contributed by atoms with Gasteiger partial charge < -0.3 is 20.7 Å². The average molecular weight is 395 g/mol. The van der Waals surface area contributed by atoms with E-state index in [0.29, 0.717) is 0 Å². The molecule has 4 nitrogen and oxygen atoms in total. The summed E-state index contributed by atoms with van der Waals surface area (Å²) in [6, 6.07) is 8.72. The lowest BCUT2D eigenvalue weighted by Crippen LogP contribution is -2.18. The van der Waals surface area contributed by atoms with Crippen LogP contribution in [0, 0.1) is 10.8 Å². The molecule has 0 radical (unpaired) electrons. The molecular formula is C25H38N4. The third kappa shape index (κ3) is 5.89. The van der Waals surface area contributed by atoms with Gasteiger partial charge in [-0.3, -0.25) is 0 Å². The molecule has 3 N–H and O–H groups in total. The molecule has 3 rings (SSSR count). The van der Waals surface area contributed by atoms with Gasteiger partial charge in [0.25, 0.3) is 0 Å². The van der Waals surface area contributed by atoms with Crippen molar-refractivity contribution >= 4 is 22.8 Å². The molecule has 1 fully saturated rings. The quantitative estimate of drug-likeness (QED) is 0.381. The standard InChI is InChI=1S/C23H33N3.C2H5N/c1-4-18-20-12-6-8-14-22(20)26(3)23(18)16-25-15-9-10-17(2)19-11-5-7-13-21(19)24;1-2-3/h6,8,12,14,24-25H,4-5,7,9-11,13,15-16H2,1-3H3;2-3H,1H3/b19-17+,24-21?;. The van der Waals surface area contributed by atoms with Gasteiger partial charge in [0.2, 0.25) is 0 Å². The summed E-state index contributed by atoms with van der Waals surface area (Å²) in [4.78, 5) is 0. The zero-order valence-corrected chi connectivity index (χ0v) is 18.7. The maximum Gasteiger partial charge on any atom is 0.0483 e. The lowest BCUT2D eigenvalue weighted by molar-refractivity contribution is 0.620. The molecule has 0 amide bonds. The van der Waals surface area contributed by atoms with Crippen molar-refractivity contribution in [2.45, 2.75) is 72.3 Å². The molecule has 1 heterocycles. The van der Waals surface area contributed by atoms with Crippen molar-refractivity contribution in [2.75, 3.05) is 6.54 Å². The average Bonchev–Trinajstić information content (AvgIpc) is 3.00. The summed E-state index contributed by atoms with van der Waals surface area (Å²) in [6.07, 6.45) is 9.13. The van der Waals surface area contributed by atoms with Crippen molar-refractivity contribution in [3.8, 4) is 0 Å². The molecule has 0 saturated heterocycles. The van der Waals surface area contributed by atoms with Crippen LogP contribution in [0.15, 0.2) is 35.4 Å². The van der Waals surface area contributed by atoms with E-state index >= 15 is 0 Å². The Hall–Kier alpha value is -2.20. The summed E-state index contributed by atoms with van der Waals surface area (Å²) in [7, 11) is 2.18. The number of fused-ring (bicyclic) bond motifs is 1. The zero-order chi connectivity index (χ0) is 21.2. The first kappa shape index (κ1) is 23.1. The number of aromatic nitrogens is 1. The van der Waals surface area contributed by atoms with Gasteiger partial charge in [-0.05, 0) is 88.8 Å². The Morgan fingerprint density at radius 3 is 2.59 bits per heavy atom. The summed E-state index contributed by atoms with van der Waals surface area (Å²) in [5.41, 5.74) is 7.90. The Bertz CT molecular complexity index is 857. The number of hydrogen-bond donors (Lipinski definition) is 3. The van der Waals surface area contributed by atoms with E-state index in [4.69, 9.17) is 10.8 Å². The number of hydrogen-bond acceptors (Lipinski definition) is 3. The Kier molecular flexibility index (Phi) is 9.33. The number of nitrogens with one attached hydrogen (secondary N) is 3. The highest BCUT2D eigenvalue weighted by molar-refractivity contribution is 5.98. The molecule has 29 heavy (non-hydrogen) atoms. The summed E-state index contributed by atoms with van der Waals surface area (Å²) in [6.45, 7) is 8.11. The smallest absolute Gasteiger partial charge is 0.0483 e. The minimum absolute atomic E-state index is 0.893. The molecule has 1 aromatic heterocycles. The molecule has 0 unspecified atom stereocenters. The van der Waals surface area contributed by atoms with Crippen LogP contribution in [0.5, 0.6) is 0 Å². The van der Waals surface area contributed by atoms with Gasteiger partial charge in [0.1, 0.15) is 0 Å². The summed E-state index contributed by atoms with van der Waals surface area (Å²) < 4.78 is 2.34. The molecule has 1 saturated carbocycles. The predicted octanol–water partition coefficient (Wildman–Crippen LogP) is 6.18. The van der Waals surface area contributed by atoms with Crippen molar-refractivity contribution in [3.63, 3.8) is 0 Å². The fraction of sp³-hybridized carbons (Fsp3) is 0.520. The van der Waals surface area contributed by atoms with E-state index in [1.165, 1.54) is 52.4 Å². The molecular weight excluding hydrogens is 356 g/mol. The summed E-state index contributed by atoms with van der Waals surface area (Å²) in [5, 5.41) is 19.3. The maximum absolute atomic E-state index is 8.15. The second kappa shape index (κ2) is 11.7. The Balaban J connectivity index is 0.000000941. The van der Waals surface area contributed by atoms with E-state index in [9.17, 15) is 0 Å². The molecule has 1 aliphatic carbocycles. The first-order valence-electron chi connectivity index (χ1n) is 11.0. The first-order chi connectivity index (χ1) is 14.0. The van der Waals surface area contributed by atoms with Gasteiger partial charge in [-0.1, -0.05) is 30.7 Å². The summed E-state index contributed by atoms with van der Waals surface area (Å²) in [5.74, 6) is 0. The Morgan fingerprint density at radius 2 is 1.90 bits per heavy atom. The monoisotopic (exact) mass is 394 g/mol. The second-order valence-corrected chi connectivity index (χ2v) is 7.87. The third-order valence-corrected chi connectivity index (χ3v) is 5.88. The third-order valence-electron chi connectivity index (χ3n) is 5.88. The number of rotatable bonds is 7. The number of aryl methyl sites for hydroxylation is 2. The van der Waals surface area contributed by atoms with E-state index in [1.54, 1.807) is 6.92 Å². The van der Waals surface area contributed by atoms with E-state index in [0.717, 1.165) is 50.9 Å². The molecule has 1 aromatic carbocycles. The van der Waals surface area contributed by atoms with Crippen LogP contribution in [0.4, 0.5) is 0 Å². The van der Waals surface area contributed by atoms with Crippen LogP contribution < -0.4 is 5.32 Å². The normalized spacial score (nSPS) is 15.8. The van der Waals surface area contributed by atoms with Gasteiger partial charge >= 0.3 is 0 Å². The van der Waals surface area contributed by atoms with Gasteiger partial charge in [-0.25, -0.2) is 0 Å². The first-order valence-corrected chi connectivity index (χ1v) is 11.0. The van der Waals surface area contributed by atoms with Crippen molar-refractivity contribution < 1.29 is 0 Å². The van der Waals surface area contributed by atoms with Gasteiger partial charge in [0, 0.05) is 35.9 Å². The van der Waals surface area contributed by atoms with E-state index in [-0.39, 0.29) is 0 Å². The highest BCUT2D eigenvalue weighted by Crippen LogP contribution is 2.26. The fourth-order valence-corrected chi connectivity index (χ4v) is 4.36. The lowest BCUT2D eigenvalue weighted by Gasteiger charge is -2.18. The molecule has 158 valence electrons. The van der Waals surface area contributed by atoms with Crippen LogP contribution in [-0.2, 0) is 20.0 Å². The van der Waals surface area contributed by atoms with Crippen molar-refractivity contribution in [1.82, 2.24) is 9.88 Å². The molecule has 0 spiro atoms.